The largest absolute Gasteiger partial charge is 0.486 e. The van der Waals surface area contributed by atoms with E-state index in [1.54, 1.807) is 26.1 Å². The molecule has 1 atom stereocenters. The van der Waals surface area contributed by atoms with Gasteiger partial charge in [-0.2, -0.15) is 4.72 Å². The number of amides is 1. The molecular formula is C20H25N3O5S. The summed E-state index contributed by atoms with van der Waals surface area (Å²) in [5, 5.41) is 2.79. The van der Waals surface area contributed by atoms with Crippen LogP contribution in [0, 0.1) is 5.92 Å². The van der Waals surface area contributed by atoms with Gasteiger partial charge in [0.15, 0.2) is 11.5 Å². The summed E-state index contributed by atoms with van der Waals surface area (Å²) in [6.07, 6.45) is 2.25. The van der Waals surface area contributed by atoms with Gasteiger partial charge < -0.3 is 14.8 Å². The minimum absolute atomic E-state index is 0.0219. The second-order valence-corrected chi connectivity index (χ2v) is 8.72. The molecule has 0 unspecified atom stereocenters. The molecule has 0 saturated heterocycles. The average molecular weight is 420 g/mol. The summed E-state index contributed by atoms with van der Waals surface area (Å²) >= 11 is 0. The van der Waals surface area contributed by atoms with Gasteiger partial charge in [-0.05, 0) is 30.2 Å². The zero-order valence-electron chi connectivity index (χ0n) is 16.4. The number of sulfonamides is 1. The minimum atomic E-state index is -3.92. The van der Waals surface area contributed by atoms with Crippen molar-refractivity contribution >= 4 is 15.9 Å². The molecule has 0 fully saturated rings. The van der Waals surface area contributed by atoms with Gasteiger partial charge in [-0.1, -0.05) is 19.9 Å². The highest BCUT2D eigenvalue weighted by molar-refractivity contribution is 7.89. The van der Waals surface area contributed by atoms with Crippen molar-refractivity contribution in [3.05, 3.63) is 48.3 Å². The molecule has 2 N–H and O–H groups in total. The predicted molar refractivity (Wildman–Crippen MR) is 107 cm³/mol. The van der Waals surface area contributed by atoms with Gasteiger partial charge in [0.25, 0.3) is 0 Å². The maximum Gasteiger partial charge on any atom is 0.241 e. The molecule has 0 saturated carbocycles. The van der Waals surface area contributed by atoms with Gasteiger partial charge >= 0.3 is 0 Å². The van der Waals surface area contributed by atoms with E-state index < -0.39 is 16.1 Å². The number of fused-ring (bicyclic) bond motifs is 1. The van der Waals surface area contributed by atoms with Crippen LogP contribution in [0.5, 0.6) is 11.5 Å². The Morgan fingerprint density at radius 1 is 1.14 bits per heavy atom. The van der Waals surface area contributed by atoms with Crippen LogP contribution in [0.25, 0.3) is 0 Å². The van der Waals surface area contributed by atoms with Crippen LogP contribution in [0.1, 0.15) is 19.5 Å². The Morgan fingerprint density at radius 3 is 2.59 bits per heavy atom. The summed E-state index contributed by atoms with van der Waals surface area (Å²) in [7, 11) is -3.92. The van der Waals surface area contributed by atoms with Crippen molar-refractivity contribution in [2.45, 2.75) is 31.2 Å². The molecule has 3 rings (SSSR count). The molecular weight excluding hydrogens is 394 g/mol. The number of carbonyl (C=O) groups is 1. The van der Waals surface area contributed by atoms with E-state index in [9.17, 15) is 13.2 Å². The molecule has 2 heterocycles. The monoisotopic (exact) mass is 419 g/mol. The van der Waals surface area contributed by atoms with Crippen LogP contribution < -0.4 is 19.5 Å². The Balaban J connectivity index is 1.66. The topological polar surface area (TPSA) is 107 Å². The zero-order chi connectivity index (χ0) is 20.9. The van der Waals surface area contributed by atoms with Crippen molar-refractivity contribution in [1.29, 1.82) is 0 Å². The quantitative estimate of drug-likeness (QED) is 0.672. The van der Waals surface area contributed by atoms with E-state index in [0.29, 0.717) is 37.7 Å². The third kappa shape index (κ3) is 5.45. The van der Waals surface area contributed by atoms with Crippen molar-refractivity contribution in [3.8, 4) is 11.5 Å². The van der Waals surface area contributed by atoms with E-state index in [1.165, 1.54) is 12.1 Å². The molecule has 9 heteroatoms. The maximum atomic E-state index is 12.8. The van der Waals surface area contributed by atoms with Crippen molar-refractivity contribution in [2.75, 3.05) is 19.8 Å². The molecule has 1 aromatic carbocycles. The normalized spacial score (nSPS) is 14.4. The second-order valence-electron chi connectivity index (χ2n) is 7.01. The number of nitrogens with zero attached hydrogens (tertiary/aromatic N) is 1. The van der Waals surface area contributed by atoms with Gasteiger partial charge in [-0.25, -0.2) is 8.42 Å². The fourth-order valence-corrected chi connectivity index (χ4v) is 4.25. The SMILES string of the molecule is CC(C)[C@H](NS(=O)(=O)c1ccc2c(c1)OCCO2)C(=O)NCCc1ccccn1. The summed E-state index contributed by atoms with van der Waals surface area (Å²) in [6, 6.07) is 9.07. The molecule has 2 aromatic rings. The fourth-order valence-electron chi connectivity index (χ4n) is 2.89. The van der Waals surface area contributed by atoms with Gasteiger partial charge in [0.05, 0.1) is 4.90 Å². The smallest absolute Gasteiger partial charge is 0.241 e. The number of nitrogens with one attached hydrogen (secondary N) is 2. The van der Waals surface area contributed by atoms with E-state index in [1.807, 2.05) is 18.2 Å². The highest BCUT2D eigenvalue weighted by atomic mass is 32.2. The Kier molecular flexibility index (Phi) is 6.71. The number of hydrogen-bond acceptors (Lipinski definition) is 6. The lowest BCUT2D eigenvalue weighted by atomic mass is 10.1. The van der Waals surface area contributed by atoms with E-state index in [-0.39, 0.29) is 16.7 Å². The van der Waals surface area contributed by atoms with Gasteiger partial charge in [-0.15, -0.1) is 0 Å². The second kappa shape index (κ2) is 9.23. The highest BCUT2D eigenvalue weighted by Crippen LogP contribution is 2.32. The third-order valence-electron chi connectivity index (χ3n) is 4.46. The van der Waals surface area contributed by atoms with Crippen LogP contribution in [0.4, 0.5) is 0 Å². The first-order chi connectivity index (χ1) is 13.9. The molecule has 0 spiro atoms. The van der Waals surface area contributed by atoms with Crippen LogP contribution in [-0.2, 0) is 21.2 Å². The summed E-state index contributed by atoms with van der Waals surface area (Å²) in [5.41, 5.74) is 0.853. The van der Waals surface area contributed by atoms with Crippen LogP contribution in [0.15, 0.2) is 47.5 Å². The lowest BCUT2D eigenvalue weighted by Gasteiger charge is -2.23. The number of ether oxygens (including phenoxy) is 2. The van der Waals surface area contributed by atoms with Gasteiger partial charge in [-0.3, -0.25) is 9.78 Å². The van der Waals surface area contributed by atoms with Crippen molar-refractivity contribution in [1.82, 2.24) is 15.0 Å². The molecule has 1 amide bonds. The summed E-state index contributed by atoms with van der Waals surface area (Å²) in [4.78, 5) is 16.8. The zero-order valence-corrected chi connectivity index (χ0v) is 17.2. The Hall–Kier alpha value is -2.65. The highest BCUT2D eigenvalue weighted by Gasteiger charge is 2.29. The number of aromatic nitrogens is 1. The Bertz CT molecular complexity index is 948. The number of hydrogen-bond donors (Lipinski definition) is 2. The molecule has 0 radical (unpaired) electrons. The average Bonchev–Trinajstić information content (AvgIpc) is 2.72. The minimum Gasteiger partial charge on any atom is -0.486 e. The first-order valence-electron chi connectivity index (χ1n) is 9.46. The van der Waals surface area contributed by atoms with E-state index in [2.05, 4.69) is 15.0 Å². The lowest BCUT2D eigenvalue weighted by molar-refractivity contribution is -0.123. The molecule has 0 aliphatic carbocycles. The summed E-state index contributed by atoms with van der Waals surface area (Å²) < 4.78 is 39.1. The third-order valence-corrected chi connectivity index (χ3v) is 5.90. The first kappa shape index (κ1) is 21.1. The van der Waals surface area contributed by atoms with Gasteiger partial charge in [0, 0.05) is 30.9 Å². The number of carbonyl (C=O) groups excluding carboxylic acids is 1. The van der Waals surface area contributed by atoms with Crippen LogP contribution in [-0.4, -0.2) is 45.1 Å². The lowest BCUT2D eigenvalue weighted by Crippen LogP contribution is -2.49. The molecule has 0 bridgehead atoms. The Labute approximate surface area is 170 Å². The maximum absolute atomic E-state index is 12.8. The molecule has 8 nitrogen and oxygen atoms in total. The molecule has 29 heavy (non-hydrogen) atoms. The standard InChI is InChI=1S/C20H25N3O5S/c1-14(2)19(20(24)22-10-8-15-5-3-4-9-21-15)23-29(25,26)16-6-7-17-18(13-16)28-12-11-27-17/h3-7,9,13-14,19,23H,8,10-12H2,1-2H3,(H,22,24)/t19-/m0/s1. The number of rotatable bonds is 8. The summed E-state index contributed by atoms with van der Waals surface area (Å²) in [6.45, 7) is 4.72. The molecule has 1 aliphatic heterocycles. The first-order valence-corrected chi connectivity index (χ1v) is 10.9. The van der Waals surface area contributed by atoms with E-state index in [4.69, 9.17) is 9.47 Å². The van der Waals surface area contributed by atoms with Crippen molar-refractivity contribution in [2.24, 2.45) is 5.92 Å². The van der Waals surface area contributed by atoms with Crippen LogP contribution in [0.2, 0.25) is 0 Å². The summed E-state index contributed by atoms with van der Waals surface area (Å²) in [5.74, 6) is 0.261. The number of benzene rings is 1. The van der Waals surface area contributed by atoms with Crippen molar-refractivity contribution in [3.63, 3.8) is 0 Å². The fraction of sp³-hybridized carbons (Fsp3) is 0.400. The van der Waals surface area contributed by atoms with E-state index in [0.717, 1.165) is 5.69 Å². The molecule has 1 aliphatic rings. The van der Waals surface area contributed by atoms with Gasteiger partial charge in [0.2, 0.25) is 15.9 Å². The predicted octanol–water partition coefficient (Wildman–Crippen LogP) is 1.51. The molecule has 156 valence electrons. The van der Waals surface area contributed by atoms with Gasteiger partial charge in [0.1, 0.15) is 19.3 Å². The number of pyridine rings is 1. The van der Waals surface area contributed by atoms with E-state index >= 15 is 0 Å². The van der Waals surface area contributed by atoms with Crippen LogP contribution in [0.3, 0.4) is 0 Å². The Morgan fingerprint density at radius 2 is 1.90 bits per heavy atom. The van der Waals surface area contributed by atoms with Crippen molar-refractivity contribution < 1.29 is 22.7 Å². The molecule has 1 aromatic heterocycles. The van der Waals surface area contributed by atoms with Crippen LogP contribution >= 0.6 is 0 Å².